The van der Waals surface area contributed by atoms with Gasteiger partial charge in [-0.2, -0.15) is 5.10 Å². The summed E-state index contributed by atoms with van der Waals surface area (Å²) in [5, 5.41) is 7.42. The summed E-state index contributed by atoms with van der Waals surface area (Å²) in [5.41, 5.74) is 3.20. The highest BCUT2D eigenvalue weighted by molar-refractivity contribution is 6.09. The number of para-hydroxylation sites is 1. The van der Waals surface area contributed by atoms with Gasteiger partial charge in [0.05, 0.1) is 23.8 Å². The molecule has 1 saturated carbocycles. The summed E-state index contributed by atoms with van der Waals surface area (Å²) in [5.74, 6) is 1.37. The summed E-state index contributed by atoms with van der Waals surface area (Å²) in [7, 11) is 0. The normalized spacial score (nSPS) is 21.7. The van der Waals surface area contributed by atoms with Crippen molar-refractivity contribution in [3.05, 3.63) is 96.0 Å². The van der Waals surface area contributed by atoms with Crippen LogP contribution in [0.4, 0.5) is 0 Å². The third-order valence-electron chi connectivity index (χ3n) is 6.22. The summed E-state index contributed by atoms with van der Waals surface area (Å²) in [6.45, 7) is 0. The zero-order chi connectivity index (χ0) is 21.5. The van der Waals surface area contributed by atoms with E-state index in [1.165, 1.54) is 0 Å². The van der Waals surface area contributed by atoms with Crippen molar-refractivity contribution in [2.75, 3.05) is 0 Å². The second-order valence-electron chi connectivity index (χ2n) is 8.17. The van der Waals surface area contributed by atoms with E-state index in [9.17, 15) is 4.79 Å². The lowest BCUT2D eigenvalue weighted by Gasteiger charge is -2.27. The molecule has 4 heterocycles. The van der Waals surface area contributed by atoms with Crippen molar-refractivity contribution in [3.8, 4) is 0 Å². The number of pyridine rings is 1. The first-order valence-corrected chi connectivity index (χ1v) is 10.8. The highest BCUT2D eigenvalue weighted by atomic mass is 16.3. The predicted molar refractivity (Wildman–Crippen MR) is 121 cm³/mol. The minimum absolute atomic E-state index is 0.0699. The molecule has 0 bridgehead atoms. The molecule has 1 aliphatic carbocycles. The van der Waals surface area contributed by atoms with Crippen molar-refractivity contribution in [1.82, 2.24) is 9.99 Å². The van der Waals surface area contributed by atoms with Gasteiger partial charge in [0.15, 0.2) is 0 Å². The molecule has 2 unspecified atom stereocenters. The molecule has 6 nitrogen and oxygen atoms in total. The molecule has 1 fully saturated rings. The van der Waals surface area contributed by atoms with Crippen molar-refractivity contribution >= 4 is 28.6 Å². The summed E-state index contributed by atoms with van der Waals surface area (Å²) < 4.78 is 11.3. The fraction of sp³-hybridized carbons (Fsp3) is 0.192. The van der Waals surface area contributed by atoms with E-state index in [-0.39, 0.29) is 17.9 Å². The number of nitrogens with zero attached hydrogens (tertiary/aromatic N) is 3. The topological polar surface area (TPSA) is 71.8 Å². The zero-order valence-corrected chi connectivity index (χ0v) is 17.3. The van der Waals surface area contributed by atoms with Gasteiger partial charge >= 0.3 is 0 Å². The van der Waals surface area contributed by atoms with E-state index in [0.717, 1.165) is 53.0 Å². The molecule has 1 aliphatic heterocycles. The maximum Gasteiger partial charge on any atom is 0.293 e. The van der Waals surface area contributed by atoms with Gasteiger partial charge in [-0.1, -0.05) is 24.3 Å². The van der Waals surface area contributed by atoms with E-state index >= 15 is 0 Å². The van der Waals surface area contributed by atoms with Gasteiger partial charge < -0.3 is 8.83 Å². The Morgan fingerprint density at radius 2 is 1.88 bits per heavy atom. The van der Waals surface area contributed by atoms with Crippen LogP contribution in [0.5, 0.6) is 0 Å². The molecule has 4 aromatic rings. The van der Waals surface area contributed by atoms with Gasteiger partial charge in [0.1, 0.15) is 23.3 Å². The number of hydrogen-bond donors (Lipinski definition) is 0. The van der Waals surface area contributed by atoms with Gasteiger partial charge in [-0.25, -0.2) is 9.99 Å². The first-order valence-electron chi connectivity index (χ1n) is 10.8. The minimum Gasteiger partial charge on any atom is -0.467 e. The molecule has 0 N–H and O–H groups in total. The maximum atomic E-state index is 13.6. The van der Waals surface area contributed by atoms with Crippen LogP contribution in [0.2, 0.25) is 0 Å². The number of hydrazone groups is 1. The molecule has 0 spiro atoms. The number of aromatic nitrogens is 1. The average molecular weight is 423 g/mol. The molecule has 158 valence electrons. The molecule has 3 aromatic heterocycles. The first kappa shape index (κ1) is 18.8. The van der Waals surface area contributed by atoms with Gasteiger partial charge in [-0.3, -0.25) is 4.79 Å². The van der Waals surface area contributed by atoms with E-state index in [0.29, 0.717) is 5.69 Å². The van der Waals surface area contributed by atoms with Crippen LogP contribution in [-0.4, -0.2) is 21.6 Å². The highest BCUT2D eigenvalue weighted by Crippen LogP contribution is 2.45. The van der Waals surface area contributed by atoms with E-state index in [1.54, 1.807) is 23.6 Å². The van der Waals surface area contributed by atoms with E-state index in [2.05, 4.69) is 4.98 Å². The van der Waals surface area contributed by atoms with Crippen LogP contribution in [0, 0.1) is 5.92 Å². The molecule has 1 aromatic carbocycles. The van der Waals surface area contributed by atoms with Gasteiger partial charge in [0, 0.05) is 11.3 Å². The van der Waals surface area contributed by atoms with Gasteiger partial charge in [-0.05, 0) is 67.3 Å². The number of fused-ring (bicyclic) bond motifs is 2. The average Bonchev–Trinajstić information content (AvgIpc) is 3.59. The predicted octanol–water partition coefficient (Wildman–Crippen LogP) is 5.86. The fourth-order valence-corrected chi connectivity index (χ4v) is 4.75. The van der Waals surface area contributed by atoms with Gasteiger partial charge in [0.25, 0.3) is 5.91 Å². The van der Waals surface area contributed by atoms with Crippen LogP contribution in [0.3, 0.4) is 0 Å². The number of hydrogen-bond acceptors (Lipinski definition) is 5. The Labute approximate surface area is 184 Å². The fourth-order valence-electron chi connectivity index (χ4n) is 4.75. The van der Waals surface area contributed by atoms with Crippen molar-refractivity contribution in [2.24, 2.45) is 11.0 Å². The molecular weight excluding hydrogens is 402 g/mol. The summed E-state index contributed by atoms with van der Waals surface area (Å²) in [6.07, 6.45) is 8.20. The number of carbonyl (C=O) groups excluding carboxylic acids is 1. The summed E-state index contributed by atoms with van der Waals surface area (Å²) >= 11 is 0. The third-order valence-corrected chi connectivity index (χ3v) is 6.22. The SMILES string of the molecule is O=C(c1ccc2ccccc2n1)N1N=C2/C(=C\c3ccco3)CCCC2C1c1ccco1. The van der Waals surface area contributed by atoms with Crippen molar-refractivity contribution in [3.63, 3.8) is 0 Å². The lowest BCUT2D eigenvalue weighted by molar-refractivity contribution is 0.0651. The molecule has 32 heavy (non-hydrogen) atoms. The Balaban J connectivity index is 1.43. The number of furan rings is 2. The van der Waals surface area contributed by atoms with Gasteiger partial charge in [0.2, 0.25) is 0 Å². The van der Waals surface area contributed by atoms with E-state index in [4.69, 9.17) is 13.9 Å². The Hall–Kier alpha value is -3.93. The van der Waals surface area contributed by atoms with Crippen LogP contribution in [-0.2, 0) is 0 Å². The third kappa shape index (κ3) is 3.15. The van der Waals surface area contributed by atoms with Crippen LogP contribution in [0.1, 0.15) is 47.3 Å². The number of amides is 1. The Bertz CT molecular complexity index is 1340. The standard InChI is InChI=1S/C26H21N3O3/c30-26(22-13-12-17-6-1-2-10-21(17)27-22)29-25(23-11-5-15-32-23)20-9-3-7-18(24(20)28-29)16-19-8-4-14-31-19/h1-2,4-6,8,10-16,20,25H,3,7,9H2/b18-16-. The number of benzene rings is 1. The lowest BCUT2D eigenvalue weighted by Crippen LogP contribution is -2.32. The largest absolute Gasteiger partial charge is 0.467 e. The van der Waals surface area contributed by atoms with Gasteiger partial charge in [-0.15, -0.1) is 0 Å². The molecule has 0 radical (unpaired) electrons. The second-order valence-corrected chi connectivity index (χ2v) is 8.17. The Kier molecular flexibility index (Phi) is 4.49. The molecule has 6 heteroatoms. The summed E-state index contributed by atoms with van der Waals surface area (Å²) in [6, 6.07) is 18.8. The van der Waals surface area contributed by atoms with Crippen LogP contribution in [0.15, 0.2) is 92.7 Å². The molecule has 2 atom stereocenters. The number of rotatable bonds is 3. The Morgan fingerprint density at radius 3 is 2.72 bits per heavy atom. The van der Waals surface area contributed by atoms with E-state index < -0.39 is 0 Å². The second kappa shape index (κ2) is 7.64. The van der Waals surface area contributed by atoms with Crippen molar-refractivity contribution < 1.29 is 13.6 Å². The Morgan fingerprint density at radius 1 is 1.00 bits per heavy atom. The smallest absolute Gasteiger partial charge is 0.293 e. The van der Waals surface area contributed by atoms with Crippen LogP contribution >= 0.6 is 0 Å². The van der Waals surface area contributed by atoms with Crippen molar-refractivity contribution in [1.29, 1.82) is 0 Å². The van der Waals surface area contributed by atoms with Crippen LogP contribution < -0.4 is 0 Å². The minimum atomic E-state index is -0.291. The molecule has 6 rings (SSSR count). The maximum absolute atomic E-state index is 13.6. The highest BCUT2D eigenvalue weighted by Gasteiger charge is 2.45. The lowest BCUT2D eigenvalue weighted by atomic mass is 9.79. The molecular formula is C26H21N3O3. The monoisotopic (exact) mass is 423 g/mol. The zero-order valence-electron chi connectivity index (χ0n) is 17.3. The van der Waals surface area contributed by atoms with Crippen molar-refractivity contribution in [2.45, 2.75) is 25.3 Å². The molecule has 1 amide bonds. The number of allylic oxidation sites excluding steroid dienone is 1. The molecule has 2 aliphatic rings. The first-order chi connectivity index (χ1) is 15.8. The van der Waals surface area contributed by atoms with E-state index in [1.807, 2.05) is 60.7 Å². The summed E-state index contributed by atoms with van der Waals surface area (Å²) in [4.78, 5) is 18.3. The number of carbonyl (C=O) groups is 1. The molecule has 0 saturated heterocycles. The quantitative estimate of drug-likeness (QED) is 0.414. The van der Waals surface area contributed by atoms with Crippen LogP contribution in [0.25, 0.3) is 17.0 Å².